The molecular weight excluding hydrogens is 351 g/mol. The van der Waals surface area contributed by atoms with Crippen molar-refractivity contribution in [3.05, 3.63) is 50.1 Å². The predicted octanol–water partition coefficient (Wildman–Crippen LogP) is 5.04. The summed E-state index contributed by atoms with van der Waals surface area (Å²) in [5.41, 5.74) is 1.97. The Balaban J connectivity index is 2.44. The van der Waals surface area contributed by atoms with Gasteiger partial charge in [-0.3, -0.25) is 0 Å². The van der Waals surface area contributed by atoms with E-state index in [1.807, 2.05) is 6.92 Å². The molecule has 0 aliphatic carbocycles. The molecule has 114 valence electrons. The lowest BCUT2D eigenvalue weighted by Crippen LogP contribution is -2.23. The maximum Gasteiger partial charge on any atom is 0.123 e. The molecule has 1 aromatic carbocycles. The van der Waals surface area contributed by atoms with Crippen molar-refractivity contribution in [2.45, 2.75) is 39.2 Å². The van der Waals surface area contributed by atoms with Gasteiger partial charge < -0.3 is 5.32 Å². The summed E-state index contributed by atoms with van der Waals surface area (Å²) in [5.74, 6) is -0.233. The first-order valence-corrected chi connectivity index (χ1v) is 8.64. The standard InChI is InChI=1S/C16H20BrFN2S/c1-5-19-14(11-8-10(18)6-7-12(11)17)15-20-13(9-21-15)16(2,3)4/h6-9,14,19H,5H2,1-4H3. The number of hydrogen-bond donors (Lipinski definition) is 1. The molecule has 1 heterocycles. The van der Waals surface area contributed by atoms with E-state index < -0.39 is 0 Å². The second-order valence-electron chi connectivity index (χ2n) is 5.98. The van der Waals surface area contributed by atoms with Crippen LogP contribution in [0.5, 0.6) is 0 Å². The topological polar surface area (TPSA) is 24.9 Å². The molecule has 0 bridgehead atoms. The third kappa shape index (κ3) is 3.90. The fourth-order valence-electron chi connectivity index (χ4n) is 2.03. The van der Waals surface area contributed by atoms with Crippen molar-refractivity contribution in [2.24, 2.45) is 0 Å². The fraction of sp³-hybridized carbons (Fsp3) is 0.438. The molecule has 0 amide bonds. The van der Waals surface area contributed by atoms with Gasteiger partial charge in [0.25, 0.3) is 0 Å². The second-order valence-corrected chi connectivity index (χ2v) is 7.72. The Hall–Kier alpha value is -0.780. The van der Waals surface area contributed by atoms with Gasteiger partial charge in [-0.25, -0.2) is 9.37 Å². The monoisotopic (exact) mass is 370 g/mol. The van der Waals surface area contributed by atoms with Crippen molar-refractivity contribution < 1.29 is 4.39 Å². The molecule has 21 heavy (non-hydrogen) atoms. The lowest BCUT2D eigenvalue weighted by Gasteiger charge is -2.18. The SMILES string of the molecule is CCNC(c1nc(C(C)(C)C)cs1)c1cc(F)ccc1Br. The van der Waals surface area contributed by atoms with Gasteiger partial charge in [-0.2, -0.15) is 0 Å². The van der Waals surface area contributed by atoms with Gasteiger partial charge in [0, 0.05) is 15.3 Å². The largest absolute Gasteiger partial charge is 0.305 e. The Morgan fingerprint density at radius 1 is 1.38 bits per heavy atom. The van der Waals surface area contributed by atoms with Crippen LogP contribution in [0.1, 0.15) is 50.0 Å². The highest BCUT2D eigenvalue weighted by atomic mass is 79.9. The lowest BCUT2D eigenvalue weighted by atomic mass is 9.93. The van der Waals surface area contributed by atoms with E-state index in [0.717, 1.165) is 27.3 Å². The van der Waals surface area contributed by atoms with Crippen LogP contribution in [0.15, 0.2) is 28.1 Å². The van der Waals surface area contributed by atoms with Crippen molar-refractivity contribution in [3.8, 4) is 0 Å². The van der Waals surface area contributed by atoms with Crippen LogP contribution < -0.4 is 5.32 Å². The molecule has 5 heteroatoms. The molecule has 0 spiro atoms. The smallest absolute Gasteiger partial charge is 0.123 e. The van der Waals surface area contributed by atoms with Gasteiger partial charge in [0.2, 0.25) is 0 Å². The van der Waals surface area contributed by atoms with Crippen LogP contribution in [-0.2, 0) is 5.41 Å². The summed E-state index contributed by atoms with van der Waals surface area (Å²) >= 11 is 5.13. The molecule has 0 saturated heterocycles. The van der Waals surface area contributed by atoms with E-state index in [-0.39, 0.29) is 17.3 Å². The minimum atomic E-state index is -0.233. The average molecular weight is 371 g/mol. The van der Waals surface area contributed by atoms with Gasteiger partial charge in [-0.1, -0.05) is 43.6 Å². The first kappa shape index (κ1) is 16.6. The summed E-state index contributed by atoms with van der Waals surface area (Å²) in [6, 6.07) is 4.67. The van der Waals surface area contributed by atoms with E-state index in [1.54, 1.807) is 23.5 Å². The number of aromatic nitrogens is 1. The normalized spacial score (nSPS) is 13.4. The maximum atomic E-state index is 13.6. The average Bonchev–Trinajstić information content (AvgIpc) is 2.88. The second kappa shape index (κ2) is 6.55. The molecule has 1 unspecified atom stereocenters. The number of thiazole rings is 1. The minimum Gasteiger partial charge on any atom is -0.305 e. The van der Waals surface area contributed by atoms with Crippen LogP contribution in [0.2, 0.25) is 0 Å². The van der Waals surface area contributed by atoms with Crippen molar-refractivity contribution in [2.75, 3.05) is 6.54 Å². The van der Waals surface area contributed by atoms with E-state index in [4.69, 9.17) is 4.98 Å². The van der Waals surface area contributed by atoms with Gasteiger partial charge in [-0.15, -0.1) is 11.3 Å². The van der Waals surface area contributed by atoms with Crippen LogP contribution in [0.4, 0.5) is 4.39 Å². The first-order chi connectivity index (χ1) is 9.82. The summed E-state index contributed by atoms with van der Waals surface area (Å²) in [7, 11) is 0. The van der Waals surface area contributed by atoms with Crippen LogP contribution in [0.3, 0.4) is 0 Å². The third-order valence-corrected chi connectivity index (χ3v) is 4.85. The Morgan fingerprint density at radius 3 is 2.67 bits per heavy atom. The molecule has 2 rings (SSSR count). The minimum absolute atomic E-state index is 0.0185. The van der Waals surface area contributed by atoms with Gasteiger partial charge in [-0.05, 0) is 30.3 Å². The molecule has 0 radical (unpaired) electrons. The Morgan fingerprint density at radius 2 is 2.10 bits per heavy atom. The zero-order valence-corrected chi connectivity index (χ0v) is 15.1. The van der Waals surface area contributed by atoms with Crippen molar-refractivity contribution in [3.63, 3.8) is 0 Å². The zero-order valence-electron chi connectivity index (χ0n) is 12.7. The summed E-state index contributed by atoms with van der Waals surface area (Å²) < 4.78 is 14.5. The van der Waals surface area contributed by atoms with Gasteiger partial charge >= 0.3 is 0 Å². The number of nitrogens with zero attached hydrogens (tertiary/aromatic N) is 1. The third-order valence-electron chi connectivity index (χ3n) is 3.21. The van der Waals surface area contributed by atoms with Crippen LogP contribution in [0.25, 0.3) is 0 Å². The summed E-state index contributed by atoms with van der Waals surface area (Å²) in [5, 5.41) is 6.46. The molecule has 1 aromatic heterocycles. The molecular formula is C16H20BrFN2S. The molecule has 0 fully saturated rings. The number of nitrogens with one attached hydrogen (secondary N) is 1. The highest BCUT2D eigenvalue weighted by Gasteiger charge is 2.23. The van der Waals surface area contributed by atoms with E-state index >= 15 is 0 Å². The molecule has 2 nitrogen and oxygen atoms in total. The molecule has 0 saturated carbocycles. The Labute approximate surface area is 137 Å². The van der Waals surface area contributed by atoms with Crippen molar-refractivity contribution >= 4 is 27.3 Å². The summed E-state index contributed by atoms with van der Waals surface area (Å²) in [6.45, 7) is 9.26. The predicted molar refractivity (Wildman–Crippen MR) is 90.4 cm³/mol. The highest BCUT2D eigenvalue weighted by molar-refractivity contribution is 9.10. The van der Waals surface area contributed by atoms with Crippen LogP contribution in [-0.4, -0.2) is 11.5 Å². The highest BCUT2D eigenvalue weighted by Crippen LogP contribution is 2.33. The summed E-state index contributed by atoms with van der Waals surface area (Å²) in [6.07, 6.45) is 0. The van der Waals surface area contributed by atoms with Gasteiger partial charge in [0.1, 0.15) is 10.8 Å². The van der Waals surface area contributed by atoms with Crippen LogP contribution in [0, 0.1) is 5.82 Å². The van der Waals surface area contributed by atoms with Gasteiger partial charge in [0.15, 0.2) is 0 Å². The van der Waals surface area contributed by atoms with Gasteiger partial charge in [0.05, 0.1) is 11.7 Å². The molecule has 1 atom stereocenters. The molecule has 0 aliphatic heterocycles. The lowest BCUT2D eigenvalue weighted by molar-refractivity contribution is 0.560. The van der Waals surface area contributed by atoms with E-state index in [1.165, 1.54) is 6.07 Å². The molecule has 0 aliphatic rings. The van der Waals surface area contributed by atoms with Crippen LogP contribution >= 0.6 is 27.3 Å². The molecule has 2 aromatic rings. The van der Waals surface area contributed by atoms with E-state index in [2.05, 4.69) is 47.4 Å². The maximum absolute atomic E-state index is 13.6. The number of rotatable bonds is 4. The Bertz CT molecular complexity index is 619. The van der Waals surface area contributed by atoms with Crippen molar-refractivity contribution in [1.29, 1.82) is 0 Å². The molecule has 1 N–H and O–H groups in total. The quantitative estimate of drug-likeness (QED) is 0.814. The van der Waals surface area contributed by atoms with E-state index in [0.29, 0.717) is 0 Å². The Kier molecular flexibility index (Phi) is 5.17. The summed E-state index contributed by atoms with van der Waals surface area (Å²) in [4.78, 5) is 4.76. The number of halogens is 2. The van der Waals surface area contributed by atoms with E-state index in [9.17, 15) is 4.39 Å². The van der Waals surface area contributed by atoms with Crippen molar-refractivity contribution in [1.82, 2.24) is 10.3 Å². The number of benzene rings is 1. The first-order valence-electron chi connectivity index (χ1n) is 6.97. The zero-order chi connectivity index (χ0) is 15.6. The fourth-order valence-corrected chi connectivity index (χ4v) is 3.65. The number of hydrogen-bond acceptors (Lipinski definition) is 3.